The van der Waals surface area contributed by atoms with Crippen molar-refractivity contribution in [1.29, 1.82) is 0 Å². The fourth-order valence-electron chi connectivity index (χ4n) is 4.36. The van der Waals surface area contributed by atoms with E-state index in [0.29, 0.717) is 13.1 Å². The minimum Gasteiger partial charge on any atom is -0.465 e. The van der Waals surface area contributed by atoms with Crippen LogP contribution in [-0.2, 0) is 0 Å². The van der Waals surface area contributed by atoms with Crippen LogP contribution in [0.15, 0.2) is 72.8 Å². The first kappa shape index (κ1) is 18.5. The van der Waals surface area contributed by atoms with Crippen LogP contribution in [0.5, 0.6) is 0 Å². The van der Waals surface area contributed by atoms with Crippen LogP contribution >= 0.6 is 0 Å². The number of rotatable bonds is 5. The summed E-state index contributed by atoms with van der Waals surface area (Å²) in [5.74, 6) is 0.261. The molecule has 3 aromatic carbocycles. The molecule has 1 saturated heterocycles. The Morgan fingerprint density at radius 3 is 2.57 bits per heavy atom. The van der Waals surface area contributed by atoms with Crippen LogP contribution < -0.4 is 5.32 Å². The van der Waals surface area contributed by atoms with Crippen molar-refractivity contribution in [3.05, 3.63) is 83.9 Å². The summed E-state index contributed by atoms with van der Waals surface area (Å²) in [6, 6.07) is 25.1. The molecule has 3 atom stereocenters. The van der Waals surface area contributed by atoms with Gasteiger partial charge >= 0.3 is 6.09 Å². The Morgan fingerprint density at radius 2 is 1.79 bits per heavy atom. The van der Waals surface area contributed by atoms with Crippen molar-refractivity contribution in [1.82, 2.24) is 10.2 Å². The van der Waals surface area contributed by atoms with E-state index in [1.165, 1.54) is 21.9 Å². The third kappa shape index (κ3) is 3.73. The number of benzene rings is 3. The standard InChI is InChI=1S/C24H26N2O2/c1-17(22-13-7-11-19-10-5-6-12-23(19)22)25-15-21-14-20(16-26(21)24(27)28)18-8-3-2-4-9-18/h2-13,17,20-21,25H,14-16H2,1H3,(H,27,28)/t17-,20?,21?/m1/s1. The summed E-state index contributed by atoms with van der Waals surface area (Å²) in [4.78, 5) is 13.4. The minimum absolute atomic E-state index is 0.0138. The van der Waals surface area contributed by atoms with E-state index < -0.39 is 6.09 Å². The average molecular weight is 374 g/mol. The third-order valence-corrected chi connectivity index (χ3v) is 5.88. The molecule has 0 spiro atoms. The summed E-state index contributed by atoms with van der Waals surface area (Å²) in [5.41, 5.74) is 2.47. The van der Waals surface area contributed by atoms with E-state index in [-0.39, 0.29) is 18.0 Å². The number of amides is 1. The Balaban J connectivity index is 1.47. The van der Waals surface area contributed by atoms with E-state index in [1.54, 1.807) is 4.90 Å². The number of hydrogen-bond donors (Lipinski definition) is 2. The largest absolute Gasteiger partial charge is 0.465 e. The molecule has 1 aliphatic heterocycles. The quantitative estimate of drug-likeness (QED) is 0.659. The summed E-state index contributed by atoms with van der Waals surface area (Å²) in [6.45, 7) is 3.37. The van der Waals surface area contributed by atoms with Gasteiger partial charge in [0.15, 0.2) is 0 Å². The van der Waals surface area contributed by atoms with Gasteiger partial charge in [-0.2, -0.15) is 0 Å². The summed E-state index contributed by atoms with van der Waals surface area (Å²) in [6.07, 6.45) is 0.0222. The van der Waals surface area contributed by atoms with Crippen molar-refractivity contribution >= 4 is 16.9 Å². The fraction of sp³-hybridized carbons (Fsp3) is 0.292. The number of carbonyl (C=O) groups is 1. The van der Waals surface area contributed by atoms with Crippen LogP contribution in [0.3, 0.4) is 0 Å². The summed E-state index contributed by atoms with van der Waals surface area (Å²) in [7, 11) is 0. The second-order valence-electron chi connectivity index (χ2n) is 7.63. The first-order valence-electron chi connectivity index (χ1n) is 9.89. The molecule has 2 unspecified atom stereocenters. The molecule has 0 aliphatic carbocycles. The van der Waals surface area contributed by atoms with Crippen molar-refractivity contribution in [2.24, 2.45) is 0 Å². The van der Waals surface area contributed by atoms with Crippen molar-refractivity contribution in [2.75, 3.05) is 13.1 Å². The van der Waals surface area contributed by atoms with Gasteiger partial charge in [-0.15, -0.1) is 0 Å². The molecule has 0 aromatic heterocycles. The topological polar surface area (TPSA) is 52.6 Å². The SMILES string of the molecule is C[C@@H](NCC1CC(c2ccccc2)CN1C(=O)O)c1cccc2ccccc12. The monoisotopic (exact) mass is 374 g/mol. The van der Waals surface area contributed by atoms with Gasteiger partial charge in [-0.3, -0.25) is 0 Å². The van der Waals surface area contributed by atoms with E-state index in [0.717, 1.165) is 6.42 Å². The molecule has 4 nitrogen and oxygen atoms in total. The zero-order chi connectivity index (χ0) is 19.5. The van der Waals surface area contributed by atoms with E-state index in [4.69, 9.17) is 0 Å². The number of nitrogens with one attached hydrogen (secondary N) is 1. The first-order valence-corrected chi connectivity index (χ1v) is 9.89. The molecule has 0 radical (unpaired) electrons. The molecule has 4 heteroatoms. The number of fused-ring (bicyclic) bond motifs is 1. The van der Waals surface area contributed by atoms with E-state index in [2.05, 4.69) is 66.8 Å². The van der Waals surface area contributed by atoms with Crippen LogP contribution in [0, 0.1) is 0 Å². The van der Waals surface area contributed by atoms with Crippen molar-refractivity contribution in [3.63, 3.8) is 0 Å². The highest BCUT2D eigenvalue weighted by molar-refractivity contribution is 5.86. The number of carboxylic acid groups (broad SMARTS) is 1. The molecule has 4 rings (SSSR count). The van der Waals surface area contributed by atoms with Gasteiger partial charge in [-0.05, 0) is 35.2 Å². The molecular weight excluding hydrogens is 348 g/mol. The molecule has 0 bridgehead atoms. The molecule has 28 heavy (non-hydrogen) atoms. The maximum absolute atomic E-state index is 11.8. The molecule has 0 saturated carbocycles. The van der Waals surface area contributed by atoms with Gasteiger partial charge in [0.1, 0.15) is 0 Å². The zero-order valence-electron chi connectivity index (χ0n) is 16.1. The predicted molar refractivity (Wildman–Crippen MR) is 113 cm³/mol. The summed E-state index contributed by atoms with van der Waals surface area (Å²) in [5, 5.41) is 15.7. The van der Waals surface area contributed by atoms with Crippen molar-refractivity contribution in [2.45, 2.75) is 31.3 Å². The molecular formula is C24H26N2O2. The highest BCUT2D eigenvalue weighted by Crippen LogP contribution is 2.32. The second-order valence-corrected chi connectivity index (χ2v) is 7.63. The lowest BCUT2D eigenvalue weighted by atomic mass is 9.96. The van der Waals surface area contributed by atoms with Crippen LogP contribution in [0.2, 0.25) is 0 Å². The van der Waals surface area contributed by atoms with Crippen LogP contribution in [0.4, 0.5) is 4.79 Å². The molecule has 2 N–H and O–H groups in total. The van der Waals surface area contributed by atoms with E-state index in [9.17, 15) is 9.90 Å². The Morgan fingerprint density at radius 1 is 1.07 bits per heavy atom. The summed E-state index contributed by atoms with van der Waals surface area (Å²) >= 11 is 0. The fourth-order valence-corrected chi connectivity index (χ4v) is 4.36. The van der Waals surface area contributed by atoms with Gasteiger partial charge in [0, 0.05) is 31.1 Å². The molecule has 1 amide bonds. The van der Waals surface area contributed by atoms with Crippen LogP contribution in [0.25, 0.3) is 10.8 Å². The van der Waals surface area contributed by atoms with E-state index in [1.807, 2.05) is 18.2 Å². The van der Waals surface area contributed by atoms with Gasteiger partial charge < -0.3 is 15.3 Å². The van der Waals surface area contributed by atoms with Gasteiger partial charge in [-0.1, -0.05) is 72.8 Å². The highest BCUT2D eigenvalue weighted by atomic mass is 16.4. The molecule has 1 fully saturated rings. The smallest absolute Gasteiger partial charge is 0.407 e. The van der Waals surface area contributed by atoms with Gasteiger partial charge in [0.2, 0.25) is 0 Å². The van der Waals surface area contributed by atoms with E-state index >= 15 is 0 Å². The lowest BCUT2D eigenvalue weighted by molar-refractivity contribution is 0.138. The van der Waals surface area contributed by atoms with Crippen molar-refractivity contribution < 1.29 is 9.90 Å². The molecule has 1 heterocycles. The van der Waals surface area contributed by atoms with Crippen LogP contribution in [0.1, 0.15) is 36.4 Å². The number of likely N-dealkylation sites (tertiary alicyclic amines) is 1. The Kier molecular flexibility index (Phi) is 5.31. The van der Waals surface area contributed by atoms with Crippen LogP contribution in [-0.4, -0.2) is 35.2 Å². The predicted octanol–water partition coefficient (Wildman–Crippen LogP) is 5.03. The minimum atomic E-state index is -0.831. The van der Waals surface area contributed by atoms with Gasteiger partial charge in [-0.25, -0.2) is 4.79 Å². The third-order valence-electron chi connectivity index (χ3n) is 5.88. The Hall–Kier alpha value is -2.85. The lowest BCUT2D eigenvalue weighted by Gasteiger charge is -2.24. The average Bonchev–Trinajstić information content (AvgIpc) is 3.17. The molecule has 144 valence electrons. The normalized spacial score (nSPS) is 20.4. The Labute approximate surface area is 165 Å². The second kappa shape index (κ2) is 8.03. The maximum Gasteiger partial charge on any atom is 0.407 e. The summed E-state index contributed by atoms with van der Waals surface area (Å²) < 4.78 is 0. The number of hydrogen-bond acceptors (Lipinski definition) is 2. The maximum atomic E-state index is 11.8. The first-order chi connectivity index (χ1) is 13.6. The highest BCUT2D eigenvalue weighted by Gasteiger charge is 2.35. The van der Waals surface area contributed by atoms with Gasteiger partial charge in [0.25, 0.3) is 0 Å². The lowest BCUT2D eigenvalue weighted by Crippen LogP contribution is -2.41. The number of nitrogens with zero attached hydrogens (tertiary/aromatic N) is 1. The van der Waals surface area contributed by atoms with Crippen molar-refractivity contribution in [3.8, 4) is 0 Å². The van der Waals surface area contributed by atoms with Gasteiger partial charge in [0.05, 0.1) is 0 Å². The Bertz CT molecular complexity index is 952. The molecule has 1 aliphatic rings. The molecule has 3 aromatic rings. The zero-order valence-corrected chi connectivity index (χ0v) is 16.1.